The van der Waals surface area contributed by atoms with E-state index in [0.29, 0.717) is 5.92 Å². The lowest BCUT2D eigenvalue weighted by atomic mass is 9.96. The van der Waals surface area contributed by atoms with E-state index in [4.69, 9.17) is 4.98 Å². The monoisotopic (exact) mass is 368 g/mol. The number of rotatable bonds is 6. The molecule has 1 aromatic heterocycles. The second-order valence-electron chi connectivity index (χ2n) is 7.85. The van der Waals surface area contributed by atoms with Crippen LogP contribution in [0.3, 0.4) is 0 Å². The predicted octanol–water partition coefficient (Wildman–Crippen LogP) is 2.76. The average Bonchev–Trinajstić information content (AvgIpc) is 3.52. The molecule has 0 radical (unpaired) electrons. The Balaban J connectivity index is 1.59. The van der Waals surface area contributed by atoms with Gasteiger partial charge < -0.3 is 20.4 Å². The molecule has 1 aromatic carbocycles. The van der Waals surface area contributed by atoms with Crippen molar-refractivity contribution in [3.8, 4) is 0 Å². The SMILES string of the molecule is C[C@@H](CO)Nc1cc(N2CCc3cc([C@@H](C)O)ccc3C2)nc(C2CC2)n1. The number of aliphatic hydroxyl groups is 2. The second kappa shape index (κ2) is 7.44. The maximum atomic E-state index is 9.81. The quantitative estimate of drug-likeness (QED) is 0.727. The molecule has 144 valence electrons. The van der Waals surface area contributed by atoms with Crippen LogP contribution in [0.1, 0.15) is 61.2 Å². The molecule has 6 nitrogen and oxygen atoms in total. The van der Waals surface area contributed by atoms with Crippen LogP contribution in [0.15, 0.2) is 24.3 Å². The molecule has 0 bridgehead atoms. The molecular weight excluding hydrogens is 340 g/mol. The molecule has 0 amide bonds. The summed E-state index contributed by atoms with van der Waals surface area (Å²) in [4.78, 5) is 11.8. The van der Waals surface area contributed by atoms with Crippen molar-refractivity contribution in [2.24, 2.45) is 0 Å². The van der Waals surface area contributed by atoms with E-state index in [1.165, 1.54) is 11.1 Å². The zero-order valence-electron chi connectivity index (χ0n) is 16.0. The molecule has 6 heteroatoms. The minimum Gasteiger partial charge on any atom is -0.394 e. The first-order valence-electron chi connectivity index (χ1n) is 9.84. The highest BCUT2D eigenvalue weighted by Gasteiger charge is 2.29. The van der Waals surface area contributed by atoms with Crippen LogP contribution in [0.5, 0.6) is 0 Å². The third-order valence-corrected chi connectivity index (χ3v) is 5.39. The minimum atomic E-state index is -0.432. The summed E-state index contributed by atoms with van der Waals surface area (Å²) >= 11 is 0. The summed E-state index contributed by atoms with van der Waals surface area (Å²) in [6, 6.07) is 8.22. The molecule has 1 aliphatic carbocycles. The Labute approximate surface area is 160 Å². The molecule has 3 N–H and O–H groups in total. The summed E-state index contributed by atoms with van der Waals surface area (Å²) in [6.45, 7) is 5.52. The fourth-order valence-corrected chi connectivity index (χ4v) is 3.54. The van der Waals surface area contributed by atoms with Gasteiger partial charge in [-0.3, -0.25) is 0 Å². The van der Waals surface area contributed by atoms with E-state index in [-0.39, 0.29) is 12.6 Å². The van der Waals surface area contributed by atoms with Crippen molar-refractivity contribution in [2.45, 2.75) is 57.7 Å². The van der Waals surface area contributed by atoms with E-state index >= 15 is 0 Å². The summed E-state index contributed by atoms with van der Waals surface area (Å²) in [5, 5.41) is 22.4. The smallest absolute Gasteiger partial charge is 0.136 e. The van der Waals surface area contributed by atoms with Gasteiger partial charge >= 0.3 is 0 Å². The molecule has 0 saturated heterocycles. The summed E-state index contributed by atoms with van der Waals surface area (Å²) < 4.78 is 0. The third-order valence-electron chi connectivity index (χ3n) is 5.39. The van der Waals surface area contributed by atoms with E-state index in [2.05, 4.69) is 27.3 Å². The molecule has 2 aromatic rings. The number of nitrogens with zero attached hydrogens (tertiary/aromatic N) is 3. The number of anilines is 2. The van der Waals surface area contributed by atoms with Gasteiger partial charge in [-0.15, -0.1) is 0 Å². The van der Waals surface area contributed by atoms with Crippen LogP contribution >= 0.6 is 0 Å². The maximum absolute atomic E-state index is 9.81. The van der Waals surface area contributed by atoms with Gasteiger partial charge in [-0.05, 0) is 49.8 Å². The topological polar surface area (TPSA) is 81.5 Å². The predicted molar refractivity (Wildman–Crippen MR) is 106 cm³/mol. The molecule has 2 aliphatic rings. The molecule has 1 aliphatic heterocycles. The first-order valence-corrected chi connectivity index (χ1v) is 9.84. The van der Waals surface area contributed by atoms with Gasteiger partial charge in [0.2, 0.25) is 0 Å². The largest absolute Gasteiger partial charge is 0.394 e. The van der Waals surface area contributed by atoms with Crippen molar-refractivity contribution in [1.82, 2.24) is 9.97 Å². The molecule has 4 rings (SSSR count). The number of hydrogen-bond donors (Lipinski definition) is 3. The molecule has 0 unspecified atom stereocenters. The van der Waals surface area contributed by atoms with E-state index < -0.39 is 6.10 Å². The fraction of sp³-hybridized carbons (Fsp3) is 0.524. The number of nitrogens with one attached hydrogen (secondary N) is 1. The summed E-state index contributed by atoms with van der Waals surface area (Å²) in [7, 11) is 0. The molecular formula is C21H28N4O2. The highest BCUT2D eigenvalue weighted by atomic mass is 16.3. The van der Waals surface area contributed by atoms with Gasteiger partial charge in [0.05, 0.1) is 12.7 Å². The molecule has 27 heavy (non-hydrogen) atoms. The van der Waals surface area contributed by atoms with Crippen molar-refractivity contribution >= 4 is 11.6 Å². The minimum absolute atomic E-state index is 0.0409. The average molecular weight is 368 g/mol. The lowest BCUT2D eigenvalue weighted by Gasteiger charge is -2.31. The van der Waals surface area contributed by atoms with Gasteiger partial charge in [0.1, 0.15) is 17.5 Å². The lowest BCUT2D eigenvalue weighted by Crippen LogP contribution is -2.31. The van der Waals surface area contributed by atoms with Crippen molar-refractivity contribution in [3.05, 3.63) is 46.8 Å². The van der Waals surface area contributed by atoms with Gasteiger partial charge in [0, 0.05) is 31.1 Å². The van der Waals surface area contributed by atoms with Gasteiger partial charge in [0.15, 0.2) is 0 Å². The number of fused-ring (bicyclic) bond motifs is 1. The Hall–Kier alpha value is -2.18. The number of aromatic nitrogens is 2. The highest BCUT2D eigenvalue weighted by molar-refractivity contribution is 5.52. The number of hydrogen-bond acceptors (Lipinski definition) is 6. The molecule has 0 spiro atoms. The van der Waals surface area contributed by atoms with Crippen molar-refractivity contribution < 1.29 is 10.2 Å². The normalized spacial score (nSPS) is 18.7. The van der Waals surface area contributed by atoms with Crippen LogP contribution in [0.4, 0.5) is 11.6 Å². The van der Waals surface area contributed by atoms with E-state index in [1.54, 1.807) is 6.92 Å². The maximum Gasteiger partial charge on any atom is 0.136 e. The molecule has 1 fully saturated rings. The fourth-order valence-electron chi connectivity index (χ4n) is 3.54. The molecule has 2 atom stereocenters. The number of aliphatic hydroxyl groups excluding tert-OH is 2. The Morgan fingerprint density at radius 3 is 2.70 bits per heavy atom. The lowest BCUT2D eigenvalue weighted by molar-refractivity contribution is 0.199. The first kappa shape index (κ1) is 18.2. The van der Waals surface area contributed by atoms with E-state index in [1.807, 2.05) is 19.1 Å². The van der Waals surface area contributed by atoms with Crippen LogP contribution in [0.2, 0.25) is 0 Å². The van der Waals surface area contributed by atoms with Crippen LogP contribution in [0.25, 0.3) is 0 Å². The Morgan fingerprint density at radius 1 is 1.19 bits per heavy atom. The van der Waals surface area contributed by atoms with Gasteiger partial charge in [0.25, 0.3) is 0 Å². The van der Waals surface area contributed by atoms with Crippen LogP contribution in [0, 0.1) is 0 Å². The second-order valence-corrected chi connectivity index (χ2v) is 7.85. The zero-order chi connectivity index (χ0) is 19.0. The summed E-state index contributed by atoms with van der Waals surface area (Å²) in [6.07, 6.45) is 2.82. The zero-order valence-corrected chi connectivity index (χ0v) is 16.0. The van der Waals surface area contributed by atoms with Gasteiger partial charge in [-0.2, -0.15) is 0 Å². The van der Waals surface area contributed by atoms with Crippen molar-refractivity contribution in [3.63, 3.8) is 0 Å². The third kappa shape index (κ3) is 4.06. The van der Waals surface area contributed by atoms with Crippen LogP contribution < -0.4 is 10.2 Å². The first-order chi connectivity index (χ1) is 13.0. The Bertz CT molecular complexity index is 820. The highest BCUT2D eigenvalue weighted by Crippen LogP contribution is 2.39. The van der Waals surface area contributed by atoms with E-state index in [0.717, 1.165) is 55.4 Å². The summed E-state index contributed by atoms with van der Waals surface area (Å²) in [5.41, 5.74) is 3.58. The molecule has 2 heterocycles. The molecule has 1 saturated carbocycles. The van der Waals surface area contributed by atoms with E-state index in [9.17, 15) is 10.2 Å². The van der Waals surface area contributed by atoms with Crippen LogP contribution in [-0.4, -0.2) is 39.4 Å². The number of benzene rings is 1. The van der Waals surface area contributed by atoms with Crippen molar-refractivity contribution in [2.75, 3.05) is 23.4 Å². The van der Waals surface area contributed by atoms with Gasteiger partial charge in [-0.1, -0.05) is 18.2 Å². The summed E-state index contributed by atoms with van der Waals surface area (Å²) in [5.74, 6) is 3.12. The van der Waals surface area contributed by atoms with Crippen molar-refractivity contribution in [1.29, 1.82) is 0 Å². The Kier molecular flexibility index (Phi) is 5.02. The van der Waals surface area contributed by atoms with Crippen LogP contribution in [-0.2, 0) is 13.0 Å². The Morgan fingerprint density at radius 2 is 2.00 bits per heavy atom. The van der Waals surface area contributed by atoms with Gasteiger partial charge in [-0.25, -0.2) is 9.97 Å². The standard InChI is InChI=1S/C21H28N4O2/c1-13(12-26)22-19-10-20(24-21(23-19)15-3-4-15)25-8-7-17-9-16(14(2)27)5-6-18(17)11-25/h5-6,9-10,13-15,26-27H,3-4,7-8,11-12H2,1-2H3,(H,22,23,24)/t13-,14+/m0/s1.